The van der Waals surface area contributed by atoms with E-state index in [9.17, 15) is 9.18 Å². The predicted molar refractivity (Wildman–Crippen MR) is 130 cm³/mol. The first-order chi connectivity index (χ1) is 15.9. The fourth-order valence-electron chi connectivity index (χ4n) is 3.18. The number of benzene rings is 3. The van der Waals surface area contributed by atoms with E-state index in [1.165, 1.54) is 32.8 Å². The summed E-state index contributed by atoms with van der Waals surface area (Å²) in [6.45, 7) is 1.91. The maximum Gasteiger partial charge on any atom is 0.315 e. The molecule has 0 atom stereocenters. The van der Waals surface area contributed by atoms with Crippen molar-refractivity contribution in [3.8, 4) is 16.2 Å². The van der Waals surface area contributed by atoms with Crippen LogP contribution in [0.3, 0.4) is 0 Å². The van der Waals surface area contributed by atoms with E-state index in [-0.39, 0.29) is 17.1 Å². The summed E-state index contributed by atoms with van der Waals surface area (Å²) < 4.78 is 20.3. The Hall–Kier alpha value is -3.20. The van der Waals surface area contributed by atoms with Crippen LogP contribution < -0.4 is 14.7 Å². The molecule has 0 fully saturated rings. The highest BCUT2D eigenvalue weighted by Gasteiger charge is 2.14. The quantitative estimate of drug-likeness (QED) is 0.101. The Labute approximate surface area is 201 Å². The van der Waals surface area contributed by atoms with E-state index < -0.39 is 11.8 Å². The maximum absolute atomic E-state index is 14.2. The molecule has 3 aromatic carbocycles. The smallest absolute Gasteiger partial charge is 0.315 e. The molecule has 168 valence electrons. The number of carbonyl (C=O) groups is 1. The standard InChI is InChI=1S/C24H18ClFN2O3S2/c1-14-5-10-20(27-24-18(25)3-2-4-19(24)26)16(11-14)12-23(29)31-17-8-6-15(7-9-17)21-13-22(28-30)33-32-21/h2-11,13,27,30H,12H2,1H3/b28-22-. The monoisotopic (exact) mass is 500 g/mol. The summed E-state index contributed by atoms with van der Waals surface area (Å²) in [5.41, 5.74) is 3.27. The summed E-state index contributed by atoms with van der Waals surface area (Å²) >= 11 is 6.13. The van der Waals surface area contributed by atoms with Crippen LogP contribution in [-0.2, 0) is 11.2 Å². The van der Waals surface area contributed by atoms with Gasteiger partial charge in [0.1, 0.15) is 11.6 Å². The molecule has 0 unspecified atom stereocenters. The Kier molecular flexibility index (Phi) is 7.08. The fourth-order valence-corrected chi connectivity index (χ4v) is 5.43. The molecule has 0 radical (unpaired) electrons. The highest BCUT2D eigenvalue weighted by molar-refractivity contribution is 7.69. The number of rotatable bonds is 6. The van der Waals surface area contributed by atoms with Gasteiger partial charge >= 0.3 is 5.97 Å². The van der Waals surface area contributed by atoms with Crippen molar-refractivity contribution in [1.29, 1.82) is 0 Å². The lowest BCUT2D eigenvalue weighted by Crippen LogP contribution is -2.12. The molecule has 0 amide bonds. The van der Waals surface area contributed by atoms with Crippen molar-refractivity contribution < 1.29 is 19.1 Å². The average Bonchev–Trinajstić information content (AvgIpc) is 3.27. The third-order valence-electron chi connectivity index (χ3n) is 4.76. The van der Waals surface area contributed by atoms with Gasteiger partial charge in [0.25, 0.3) is 0 Å². The minimum atomic E-state index is -0.483. The highest BCUT2D eigenvalue weighted by Crippen LogP contribution is 2.31. The Morgan fingerprint density at radius 2 is 1.91 bits per heavy atom. The van der Waals surface area contributed by atoms with Crippen LogP contribution in [0.25, 0.3) is 10.4 Å². The number of esters is 1. The summed E-state index contributed by atoms with van der Waals surface area (Å²) in [4.78, 5) is 13.6. The van der Waals surface area contributed by atoms with Gasteiger partial charge in [0.15, 0.2) is 4.67 Å². The Bertz CT molecular complexity index is 1350. The second-order valence-electron chi connectivity index (χ2n) is 7.17. The van der Waals surface area contributed by atoms with Crippen molar-refractivity contribution in [2.75, 3.05) is 5.32 Å². The van der Waals surface area contributed by atoms with Crippen LogP contribution in [0, 0.1) is 12.7 Å². The summed E-state index contributed by atoms with van der Waals surface area (Å²) in [6, 6.07) is 18.8. The van der Waals surface area contributed by atoms with Crippen LogP contribution in [-0.4, -0.2) is 11.2 Å². The number of aryl methyl sites for hydroxylation is 1. The van der Waals surface area contributed by atoms with E-state index in [0.29, 0.717) is 21.7 Å². The molecule has 0 bridgehead atoms. The first kappa shape index (κ1) is 23.0. The van der Waals surface area contributed by atoms with E-state index in [2.05, 4.69) is 10.5 Å². The van der Waals surface area contributed by atoms with Gasteiger partial charge in [0.05, 0.1) is 17.1 Å². The van der Waals surface area contributed by atoms with Gasteiger partial charge in [0, 0.05) is 10.6 Å². The lowest BCUT2D eigenvalue weighted by atomic mass is 10.1. The summed E-state index contributed by atoms with van der Waals surface area (Å²) in [6.07, 6.45) is -0.00813. The Balaban J connectivity index is 1.49. The zero-order valence-electron chi connectivity index (χ0n) is 17.3. The fraction of sp³-hybridized carbons (Fsp3) is 0.0833. The van der Waals surface area contributed by atoms with E-state index in [4.69, 9.17) is 21.5 Å². The number of hydrogen-bond acceptors (Lipinski definition) is 7. The van der Waals surface area contributed by atoms with Gasteiger partial charge in [-0.15, -0.1) is 0 Å². The molecular weight excluding hydrogens is 483 g/mol. The number of anilines is 2. The van der Waals surface area contributed by atoms with Crippen LogP contribution in [0.5, 0.6) is 5.75 Å². The topological polar surface area (TPSA) is 70.9 Å². The van der Waals surface area contributed by atoms with Crippen molar-refractivity contribution >= 4 is 49.6 Å². The SMILES string of the molecule is Cc1ccc(Nc2c(F)cccc2Cl)c(CC(=O)Oc2ccc(-c3c/c(=N/O)ss3)cc2)c1. The number of nitrogens with zero attached hydrogens (tertiary/aromatic N) is 1. The third-order valence-corrected chi connectivity index (χ3v) is 7.36. The molecule has 0 aliphatic rings. The number of para-hydroxylation sites is 1. The van der Waals surface area contributed by atoms with Crippen LogP contribution in [0.15, 0.2) is 71.9 Å². The lowest BCUT2D eigenvalue weighted by Gasteiger charge is -2.14. The molecule has 0 saturated heterocycles. The highest BCUT2D eigenvalue weighted by atomic mass is 35.5. The zero-order valence-corrected chi connectivity index (χ0v) is 19.7. The first-order valence-corrected chi connectivity index (χ1v) is 12.4. The predicted octanol–water partition coefficient (Wildman–Crippen LogP) is 6.76. The molecule has 4 aromatic rings. The minimum absolute atomic E-state index is 0.00813. The molecule has 0 spiro atoms. The molecule has 0 aliphatic carbocycles. The van der Waals surface area contributed by atoms with Crippen molar-refractivity contribution in [3.05, 3.63) is 93.4 Å². The number of halogens is 2. The van der Waals surface area contributed by atoms with Gasteiger partial charge in [-0.05, 0) is 66.6 Å². The molecule has 1 heterocycles. The van der Waals surface area contributed by atoms with Crippen molar-refractivity contribution in [2.45, 2.75) is 13.3 Å². The maximum atomic E-state index is 14.2. The second kappa shape index (κ2) is 10.2. The Morgan fingerprint density at radius 3 is 2.61 bits per heavy atom. The third kappa shape index (κ3) is 5.60. The minimum Gasteiger partial charge on any atom is -0.426 e. The molecule has 4 rings (SSSR count). The van der Waals surface area contributed by atoms with Crippen molar-refractivity contribution in [3.63, 3.8) is 0 Å². The van der Waals surface area contributed by atoms with Crippen LogP contribution >= 0.6 is 32.3 Å². The van der Waals surface area contributed by atoms with Gasteiger partial charge in [-0.2, -0.15) is 0 Å². The van der Waals surface area contributed by atoms with Gasteiger partial charge < -0.3 is 15.3 Å². The zero-order chi connectivity index (χ0) is 23.4. The molecular formula is C24H18ClFN2O3S2. The summed E-state index contributed by atoms with van der Waals surface area (Å²) in [5.74, 6) is -0.519. The van der Waals surface area contributed by atoms with Gasteiger partial charge in [-0.3, -0.25) is 4.79 Å². The number of nitrogens with one attached hydrogen (secondary N) is 1. The van der Waals surface area contributed by atoms with Crippen LogP contribution in [0.4, 0.5) is 15.8 Å². The molecule has 33 heavy (non-hydrogen) atoms. The Morgan fingerprint density at radius 1 is 1.12 bits per heavy atom. The molecule has 1 aromatic heterocycles. The number of carbonyl (C=O) groups excluding carboxylic acids is 1. The van der Waals surface area contributed by atoms with E-state index in [1.807, 2.05) is 31.2 Å². The van der Waals surface area contributed by atoms with Crippen molar-refractivity contribution in [1.82, 2.24) is 0 Å². The van der Waals surface area contributed by atoms with Crippen LogP contribution in [0.1, 0.15) is 11.1 Å². The molecule has 0 aliphatic heterocycles. The summed E-state index contributed by atoms with van der Waals surface area (Å²) in [5, 5.41) is 15.3. The van der Waals surface area contributed by atoms with E-state index in [1.54, 1.807) is 30.3 Å². The van der Waals surface area contributed by atoms with E-state index in [0.717, 1.165) is 16.0 Å². The second-order valence-corrected chi connectivity index (χ2v) is 9.77. The largest absolute Gasteiger partial charge is 0.426 e. The van der Waals surface area contributed by atoms with Crippen molar-refractivity contribution in [2.24, 2.45) is 5.16 Å². The first-order valence-electron chi connectivity index (χ1n) is 9.83. The molecule has 5 nitrogen and oxygen atoms in total. The number of ether oxygens (including phenoxy) is 1. The summed E-state index contributed by atoms with van der Waals surface area (Å²) in [7, 11) is 2.86. The normalized spacial score (nSPS) is 11.4. The lowest BCUT2D eigenvalue weighted by molar-refractivity contribution is -0.133. The molecule has 9 heteroatoms. The average molecular weight is 501 g/mol. The molecule has 2 N–H and O–H groups in total. The van der Waals surface area contributed by atoms with E-state index >= 15 is 0 Å². The van der Waals surface area contributed by atoms with Gasteiger partial charge in [0.2, 0.25) is 0 Å². The van der Waals surface area contributed by atoms with Crippen LogP contribution in [0.2, 0.25) is 5.02 Å². The van der Waals surface area contributed by atoms with Gasteiger partial charge in [-0.25, -0.2) is 4.39 Å². The number of hydrogen-bond donors (Lipinski definition) is 2. The van der Waals surface area contributed by atoms with Gasteiger partial charge in [-0.1, -0.05) is 61.2 Å². The molecule has 0 saturated carbocycles.